The molecule has 2 aromatic rings. The van der Waals surface area contributed by atoms with E-state index in [0.29, 0.717) is 15.4 Å². The molecule has 0 unspecified atom stereocenters. The quantitative estimate of drug-likeness (QED) is 0.931. The van der Waals surface area contributed by atoms with Crippen LogP contribution in [0.15, 0.2) is 46.2 Å². The van der Waals surface area contributed by atoms with Crippen molar-refractivity contribution in [2.45, 2.75) is 16.7 Å². The average molecular weight is 287 g/mol. The predicted molar refractivity (Wildman–Crippen MR) is 73.4 cm³/mol. The highest BCUT2D eigenvalue weighted by molar-refractivity contribution is 7.99. The summed E-state index contributed by atoms with van der Waals surface area (Å²) in [6.45, 7) is 1.71. The molecular formula is C15H10FNO2S. The Morgan fingerprint density at radius 1 is 1.30 bits per heavy atom. The van der Waals surface area contributed by atoms with Crippen molar-refractivity contribution in [1.29, 1.82) is 5.26 Å². The van der Waals surface area contributed by atoms with Crippen LogP contribution in [0.4, 0.5) is 4.39 Å². The van der Waals surface area contributed by atoms with Gasteiger partial charge < -0.3 is 5.11 Å². The molecule has 2 aromatic carbocycles. The Hall–Kier alpha value is -2.32. The SMILES string of the molecule is Cc1ccc(Sc2ccc(C#N)cc2F)cc1C(=O)O. The molecule has 0 aromatic heterocycles. The van der Waals surface area contributed by atoms with Gasteiger partial charge in [0.25, 0.3) is 0 Å². The molecule has 2 rings (SSSR count). The van der Waals surface area contributed by atoms with Crippen LogP contribution in [0.1, 0.15) is 21.5 Å². The van der Waals surface area contributed by atoms with Crippen LogP contribution in [0.3, 0.4) is 0 Å². The number of hydrogen-bond acceptors (Lipinski definition) is 3. The maximum Gasteiger partial charge on any atom is 0.335 e. The van der Waals surface area contributed by atoms with Crippen LogP contribution in [0.5, 0.6) is 0 Å². The Morgan fingerprint density at radius 2 is 2.05 bits per heavy atom. The van der Waals surface area contributed by atoms with Crippen molar-refractivity contribution < 1.29 is 14.3 Å². The van der Waals surface area contributed by atoms with Crippen LogP contribution in [0, 0.1) is 24.1 Å². The van der Waals surface area contributed by atoms with Crippen molar-refractivity contribution in [1.82, 2.24) is 0 Å². The van der Waals surface area contributed by atoms with E-state index in [2.05, 4.69) is 0 Å². The van der Waals surface area contributed by atoms with E-state index in [1.807, 2.05) is 6.07 Å². The summed E-state index contributed by atoms with van der Waals surface area (Å²) in [5.74, 6) is -1.50. The number of nitriles is 1. The fourth-order valence-corrected chi connectivity index (χ4v) is 2.53. The van der Waals surface area contributed by atoms with E-state index in [1.54, 1.807) is 19.1 Å². The van der Waals surface area contributed by atoms with Crippen molar-refractivity contribution in [2.24, 2.45) is 0 Å². The van der Waals surface area contributed by atoms with Crippen LogP contribution in [-0.4, -0.2) is 11.1 Å². The Balaban J connectivity index is 2.33. The number of nitrogens with zero attached hydrogens (tertiary/aromatic N) is 1. The molecule has 1 N–H and O–H groups in total. The molecule has 100 valence electrons. The standard InChI is InChI=1S/C15H10FNO2S/c1-9-2-4-11(7-12(9)15(18)19)20-14-5-3-10(8-17)6-13(14)16/h2-7H,1H3,(H,18,19). The minimum atomic E-state index is -1.01. The van der Waals surface area contributed by atoms with Crippen molar-refractivity contribution in [2.75, 3.05) is 0 Å². The number of carboxylic acid groups (broad SMARTS) is 1. The Morgan fingerprint density at radius 3 is 2.65 bits per heavy atom. The highest BCUT2D eigenvalue weighted by Gasteiger charge is 2.10. The second-order valence-corrected chi connectivity index (χ2v) is 5.26. The number of carbonyl (C=O) groups is 1. The highest BCUT2D eigenvalue weighted by atomic mass is 32.2. The third-order valence-electron chi connectivity index (χ3n) is 2.73. The summed E-state index contributed by atoms with van der Waals surface area (Å²) in [4.78, 5) is 12.0. The number of carboxylic acids is 1. The summed E-state index contributed by atoms with van der Waals surface area (Å²) < 4.78 is 13.8. The number of benzene rings is 2. The zero-order chi connectivity index (χ0) is 14.7. The van der Waals surface area contributed by atoms with Crippen molar-refractivity contribution in [3.63, 3.8) is 0 Å². The molecule has 0 atom stereocenters. The van der Waals surface area contributed by atoms with Gasteiger partial charge in [-0.25, -0.2) is 9.18 Å². The topological polar surface area (TPSA) is 61.1 Å². The van der Waals surface area contributed by atoms with Gasteiger partial charge in [-0.15, -0.1) is 0 Å². The van der Waals surface area contributed by atoms with Gasteiger partial charge in [0.2, 0.25) is 0 Å². The lowest BCUT2D eigenvalue weighted by molar-refractivity contribution is 0.0696. The lowest BCUT2D eigenvalue weighted by atomic mass is 10.1. The highest BCUT2D eigenvalue weighted by Crippen LogP contribution is 2.31. The summed E-state index contributed by atoms with van der Waals surface area (Å²) in [5, 5.41) is 17.7. The Kier molecular flexibility index (Phi) is 4.06. The monoisotopic (exact) mass is 287 g/mol. The first-order valence-corrected chi connectivity index (χ1v) is 6.54. The maximum absolute atomic E-state index is 13.8. The van der Waals surface area contributed by atoms with Gasteiger partial charge in [-0.3, -0.25) is 0 Å². The van der Waals surface area contributed by atoms with E-state index < -0.39 is 11.8 Å². The van der Waals surface area contributed by atoms with Crippen molar-refractivity contribution >= 4 is 17.7 Å². The minimum Gasteiger partial charge on any atom is -0.478 e. The van der Waals surface area contributed by atoms with E-state index in [0.717, 1.165) is 17.8 Å². The van der Waals surface area contributed by atoms with Crippen LogP contribution >= 0.6 is 11.8 Å². The van der Waals surface area contributed by atoms with Gasteiger partial charge >= 0.3 is 5.97 Å². The van der Waals surface area contributed by atoms with E-state index >= 15 is 0 Å². The number of aryl methyl sites for hydroxylation is 1. The molecule has 0 bridgehead atoms. The van der Waals surface area contributed by atoms with Gasteiger partial charge in [0.1, 0.15) is 5.82 Å². The van der Waals surface area contributed by atoms with Gasteiger partial charge in [0.15, 0.2) is 0 Å². The van der Waals surface area contributed by atoms with E-state index in [-0.39, 0.29) is 11.1 Å². The number of hydrogen-bond donors (Lipinski definition) is 1. The van der Waals surface area contributed by atoms with Gasteiger partial charge in [-0.05, 0) is 42.8 Å². The van der Waals surface area contributed by atoms with Crippen LogP contribution in [-0.2, 0) is 0 Å². The van der Waals surface area contributed by atoms with E-state index in [4.69, 9.17) is 10.4 Å². The van der Waals surface area contributed by atoms with Crippen LogP contribution in [0.2, 0.25) is 0 Å². The largest absolute Gasteiger partial charge is 0.478 e. The molecule has 0 spiro atoms. The predicted octanol–water partition coefficient (Wildman–Crippen LogP) is 3.86. The van der Waals surface area contributed by atoms with Crippen LogP contribution in [0.25, 0.3) is 0 Å². The van der Waals surface area contributed by atoms with E-state index in [9.17, 15) is 9.18 Å². The smallest absolute Gasteiger partial charge is 0.335 e. The lowest BCUT2D eigenvalue weighted by Crippen LogP contribution is -1.99. The molecule has 0 radical (unpaired) electrons. The number of rotatable bonds is 3. The summed E-state index contributed by atoms with van der Waals surface area (Å²) in [7, 11) is 0. The Labute approximate surface area is 119 Å². The second kappa shape index (κ2) is 5.76. The lowest BCUT2D eigenvalue weighted by Gasteiger charge is -2.06. The van der Waals surface area contributed by atoms with E-state index in [1.165, 1.54) is 18.2 Å². The summed E-state index contributed by atoms with van der Waals surface area (Å²) in [6.07, 6.45) is 0. The average Bonchev–Trinajstić information content (AvgIpc) is 2.42. The van der Waals surface area contributed by atoms with Crippen LogP contribution < -0.4 is 0 Å². The van der Waals surface area contributed by atoms with Gasteiger partial charge in [-0.2, -0.15) is 5.26 Å². The third kappa shape index (κ3) is 2.98. The molecule has 0 heterocycles. The zero-order valence-corrected chi connectivity index (χ0v) is 11.4. The normalized spacial score (nSPS) is 10.1. The molecule has 0 amide bonds. The molecule has 20 heavy (non-hydrogen) atoms. The fraction of sp³-hybridized carbons (Fsp3) is 0.0667. The number of aromatic carboxylic acids is 1. The molecule has 3 nitrogen and oxygen atoms in total. The molecule has 0 aliphatic heterocycles. The van der Waals surface area contributed by atoms with Crippen molar-refractivity contribution in [3.8, 4) is 6.07 Å². The maximum atomic E-state index is 13.8. The molecule has 5 heteroatoms. The molecule has 0 fully saturated rings. The second-order valence-electron chi connectivity index (χ2n) is 4.14. The molecule has 0 saturated carbocycles. The first kappa shape index (κ1) is 14.1. The molecule has 0 aliphatic carbocycles. The summed E-state index contributed by atoms with van der Waals surface area (Å²) in [5.41, 5.74) is 1.10. The van der Waals surface area contributed by atoms with Gasteiger partial charge in [0.05, 0.1) is 17.2 Å². The van der Waals surface area contributed by atoms with Gasteiger partial charge in [-0.1, -0.05) is 17.8 Å². The zero-order valence-electron chi connectivity index (χ0n) is 10.6. The van der Waals surface area contributed by atoms with Gasteiger partial charge in [0, 0.05) is 9.79 Å². The molecular weight excluding hydrogens is 277 g/mol. The molecule has 0 aliphatic rings. The summed E-state index contributed by atoms with van der Waals surface area (Å²) >= 11 is 1.13. The summed E-state index contributed by atoms with van der Waals surface area (Å²) in [6, 6.07) is 11.0. The molecule has 0 saturated heterocycles. The first-order chi connectivity index (χ1) is 9.51. The number of halogens is 1. The van der Waals surface area contributed by atoms with Crippen molar-refractivity contribution in [3.05, 3.63) is 58.9 Å². The third-order valence-corrected chi connectivity index (χ3v) is 3.77. The Bertz CT molecular complexity index is 722. The first-order valence-electron chi connectivity index (χ1n) is 5.72. The minimum absolute atomic E-state index is 0.198. The fourth-order valence-electron chi connectivity index (χ4n) is 1.68.